The summed E-state index contributed by atoms with van der Waals surface area (Å²) in [6.45, 7) is 0. The minimum absolute atomic E-state index is 0.0577. The summed E-state index contributed by atoms with van der Waals surface area (Å²) in [5.74, 6) is -2.21. The minimum Gasteiger partial charge on any atom is -0.464 e. The highest BCUT2D eigenvalue weighted by Crippen LogP contribution is 2.27. The summed E-state index contributed by atoms with van der Waals surface area (Å²) in [7, 11) is 1.21. The van der Waals surface area contributed by atoms with Gasteiger partial charge in [0.15, 0.2) is 11.6 Å². The quantitative estimate of drug-likeness (QED) is 0.536. The van der Waals surface area contributed by atoms with Crippen molar-refractivity contribution in [3.05, 3.63) is 57.1 Å². The van der Waals surface area contributed by atoms with Crippen molar-refractivity contribution in [1.29, 1.82) is 0 Å². The van der Waals surface area contributed by atoms with Crippen molar-refractivity contribution in [2.75, 3.05) is 7.11 Å². The second-order valence-corrected chi connectivity index (χ2v) is 4.66. The number of esters is 1. The van der Waals surface area contributed by atoms with E-state index in [1.165, 1.54) is 31.5 Å². The number of ketones is 1. The van der Waals surface area contributed by atoms with E-state index in [2.05, 4.69) is 9.72 Å². The fourth-order valence-electron chi connectivity index (χ4n) is 1.63. The molecular formula is C13H8Cl2FNO3. The molecule has 1 aromatic carbocycles. The second kappa shape index (κ2) is 5.64. The summed E-state index contributed by atoms with van der Waals surface area (Å²) < 4.78 is 18.4. The van der Waals surface area contributed by atoms with Crippen LogP contribution in [0.5, 0.6) is 0 Å². The number of aromatic amines is 1. The fourth-order valence-corrected chi connectivity index (χ4v) is 2.02. The number of benzene rings is 1. The first-order chi connectivity index (χ1) is 9.45. The van der Waals surface area contributed by atoms with Gasteiger partial charge >= 0.3 is 5.97 Å². The Balaban J connectivity index is 2.45. The van der Waals surface area contributed by atoms with Crippen molar-refractivity contribution in [3.63, 3.8) is 0 Å². The maximum atomic E-state index is 13.9. The highest BCUT2D eigenvalue weighted by Gasteiger charge is 2.22. The molecule has 0 spiro atoms. The molecule has 20 heavy (non-hydrogen) atoms. The SMILES string of the molecule is COC(=O)c1cc(C(=O)c2c(Cl)ccc(Cl)c2F)c[nH]1. The molecule has 0 saturated heterocycles. The maximum Gasteiger partial charge on any atom is 0.354 e. The van der Waals surface area contributed by atoms with Gasteiger partial charge in [0.05, 0.1) is 22.7 Å². The van der Waals surface area contributed by atoms with Crippen LogP contribution in [0.15, 0.2) is 24.4 Å². The molecule has 0 fully saturated rings. The Kier molecular flexibility index (Phi) is 4.11. The number of hydrogen-bond acceptors (Lipinski definition) is 3. The molecule has 2 rings (SSSR count). The topological polar surface area (TPSA) is 59.2 Å². The first-order valence-electron chi connectivity index (χ1n) is 5.40. The van der Waals surface area contributed by atoms with Gasteiger partial charge in [-0.1, -0.05) is 23.2 Å². The van der Waals surface area contributed by atoms with Crippen LogP contribution in [0.3, 0.4) is 0 Å². The van der Waals surface area contributed by atoms with Gasteiger partial charge in [-0.15, -0.1) is 0 Å². The van der Waals surface area contributed by atoms with E-state index in [0.717, 1.165) is 0 Å². The molecule has 7 heteroatoms. The Labute approximate surface area is 123 Å². The molecule has 0 unspecified atom stereocenters. The van der Waals surface area contributed by atoms with Crippen LogP contribution in [-0.4, -0.2) is 23.8 Å². The van der Waals surface area contributed by atoms with Gasteiger partial charge in [-0.3, -0.25) is 4.79 Å². The zero-order valence-corrected chi connectivity index (χ0v) is 11.7. The molecule has 0 aliphatic rings. The van der Waals surface area contributed by atoms with Crippen LogP contribution in [0.4, 0.5) is 4.39 Å². The third kappa shape index (κ3) is 2.55. The molecule has 4 nitrogen and oxygen atoms in total. The van der Waals surface area contributed by atoms with Crippen LogP contribution in [0.1, 0.15) is 26.4 Å². The Bertz CT molecular complexity index is 697. The van der Waals surface area contributed by atoms with Gasteiger partial charge in [0.1, 0.15) is 5.69 Å². The third-order valence-electron chi connectivity index (χ3n) is 2.62. The second-order valence-electron chi connectivity index (χ2n) is 3.84. The standard InChI is InChI=1S/C13H8Cl2FNO3/c1-20-13(19)9-4-6(5-17-9)12(18)10-7(14)2-3-8(15)11(10)16/h2-5,17H,1H3. The molecule has 1 N–H and O–H groups in total. The van der Waals surface area contributed by atoms with Crippen LogP contribution in [0.2, 0.25) is 10.0 Å². The molecule has 0 radical (unpaired) electrons. The lowest BCUT2D eigenvalue weighted by molar-refractivity contribution is 0.0595. The maximum absolute atomic E-state index is 13.9. The average molecular weight is 316 g/mol. The number of ether oxygens (including phenoxy) is 1. The van der Waals surface area contributed by atoms with Crippen LogP contribution < -0.4 is 0 Å². The van der Waals surface area contributed by atoms with E-state index >= 15 is 0 Å². The number of H-pyrrole nitrogens is 1. The van der Waals surface area contributed by atoms with Crippen molar-refractivity contribution in [1.82, 2.24) is 4.98 Å². The summed E-state index contributed by atoms with van der Waals surface area (Å²) in [5.41, 5.74) is -0.183. The van der Waals surface area contributed by atoms with Crippen molar-refractivity contribution in [3.8, 4) is 0 Å². The van der Waals surface area contributed by atoms with Crippen molar-refractivity contribution >= 4 is 35.0 Å². The summed E-state index contributed by atoms with van der Waals surface area (Å²) in [6.07, 6.45) is 1.27. The molecule has 104 valence electrons. The summed E-state index contributed by atoms with van der Waals surface area (Å²) in [4.78, 5) is 26.1. The molecule has 0 aliphatic heterocycles. The Morgan fingerprint density at radius 2 is 1.90 bits per heavy atom. The fraction of sp³-hybridized carbons (Fsp3) is 0.0769. The number of methoxy groups -OCH3 is 1. The normalized spacial score (nSPS) is 10.4. The molecule has 0 saturated carbocycles. The molecule has 0 atom stereocenters. The summed E-state index contributed by atoms with van der Waals surface area (Å²) in [5, 5.41) is -0.265. The number of halogens is 3. The van der Waals surface area contributed by atoms with Gasteiger partial charge in [-0.05, 0) is 18.2 Å². The molecule has 1 aromatic heterocycles. The van der Waals surface area contributed by atoms with E-state index in [9.17, 15) is 14.0 Å². The van der Waals surface area contributed by atoms with Crippen molar-refractivity contribution < 1.29 is 18.7 Å². The van der Waals surface area contributed by atoms with E-state index in [1.807, 2.05) is 0 Å². The van der Waals surface area contributed by atoms with Crippen LogP contribution in [0, 0.1) is 5.82 Å². The van der Waals surface area contributed by atoms with E-state index in [0.29, 0.717) is 0 Å². The van der Waals surface area contributed by atoms with E-state index in [4.69, 9.17) is 23.2 Å². The summed E-state index contributed by atoms with van der Waals surface area (Å²) >= 11 is 11.4. The van der Waals surface area contributed by atoms with Crippen LogP contribution in [-0.2, 0) is 4.74 Å². The van der Waals surface area contributed by atoms with Gasteiger partial charge < -0.3 is 9.72 Å². The van der Waals surface area contributed by atoms with E-state index in [1.54, 1.807) is 0 Å². The largest absolute Gasteiger partial charge is 0.464 e. The molecule has 0 aliphatic carbocycles. The zero-order valence-electron chi connectivity index (χ0n) is 10.2. The van der Waals surface area contributed by atoms with Crippen molar-refractivity contribution in [2.24, 2.45) is 0 Å². The van der Waals surface area contributed by atoms with E-state index in [-0.39, 0.29) is 26.9 Å². The number of hydrogen-bond donors (Lipinski definition) is 1. The minimum atomic E-state index is -0.898. The average Bonchev–Trinajstić information content (AvgIpc) is 2.92. The highest BCUT2D eigenvalue weighted by molar-refractivity contribution is 6.37. The first-order valence-corrected chi connectivity index (χ1v) is 6.16. The van der Waals surface area contributed by atoms with Crippen molar-refractivity contribution in [2.45, 2.75) is 0 Å². The van der Waals surface area contributed by atoms with Crippen LogP contribution >= 0.6 is 23.2 Å². The van der Waals surface area contributed by atoms with Gasteiger partial charge in [-0.25, -0.2) is 9.18 Å². The number of carbonyl (C=O) groups is 2. The lowest BCUT2D eigenvalue weighted by Crippen LogP contribution is -2.05. The monoisotopic (exact) mass is 315 g/mol. The Morgan fingerprint density at radius 1 is 1.25 bits per heavy atom. The zero-order chi connectivity index (χ0) is 14.9. The summed E-state index contributed by atoms with van der Waals surface area (Å²) in [6, 6.07) is 3.84. The molecule has 0 amide bonds. The molecular weight excluding hydrogens is 308 g/mol. The predicted molar refractivity (Wildman–Crippen MR) is 72.0 cm³/mol. The first kappa shape index (κ1) is 14.6. The number of nitrogens with one attached hydrogen (secondary N) is 1. The smallest absolute Gasteiger partial charge is 0.354 e. The lowest BCUT2D eigenvalue weighted by Gasteiger charge is -2.04. The third-order valence-corrected chi connectivity index (χ3v) is 3.23. The van der Waals surface area contributed by atoms with E-state index < -0.39 is 17.6 Å². The highest BCUT2D eigenvalue weighted by atomic mass is 35.5. The predicted octanol–water partition coefficient (Wildman–Crippen LogP) is 3.48. The number of aromatic nitrogens is 1. The van der Waals surface area contributed by atoms with Gasteiger partial charge in [0.2, 0.25) is 0 Å². The molecule has 1 heterocycles. The van der Waals surface area contributed by atoms with Gasteiger partial charge in [-0.2, -0.15) is 0 Å². The Morgan fingerprint density at radius 3 is 2.55 bits per heavy atom. The van der Waals surface area contributed by atoms with Gasteiger partial charge in [0, 0.05) is 11.8 Å². The number of carbonyl (C=O) groups excluding carboxylic acids is 2. The Hall–Kier alpha value is -1.85. The number of rotatable bonds is 3. The molecule has 2 aromatic rings. The van der Waals surface area contributed by atoms with Gasteiger partial charge in [0.25, 0.3) is 0 Å². The van der Waals surface area contributed by atoms with Crippen LogP contribution in [0.25, 0.3) is 0 Å². The lowest BCUT2D eigenvalue weighted by atomic mass is 10.1. The molecule has 0 bridgehead atoms.